The van der Waals surface area contributed by atoms with E-state index in [4.69, 9.17) is 33.4 Å². The molecule has 0 heterocycles. The molecule has 0 aromatic rings. The van der Waals surface area contributed by atoms with Gasteiger partial charge in [0.25, 0.3) is 0 Å². The Morgan fingerprint density at radius 1 is 0.917 bits per heavy atom. The molecule has 0 aliphatic carbocycles. The molecular weight excluding hydrogens is 487 g/mol. The van der Waals surface area contributed by atoms with Gasteiger partial charge in [0.2, 0.25) is 0 Å². The van der Waals surface area contributed by atoms with Crippen molar-refractivity contribution < 1.29 is 47.1 Å². The maximum atomic E-state index is 8.59. The van der Waals surface area contributed by atoms with E-state index in [1.165, 1.54) is 0 Å². The Kier molecular flexibility index (Phi) is 21.5. The summed E-state index contributed by atoms with van der Waals surface area (Å²) in [5, 5.41) is 0. The van der Waals surface area contributed by atoms with Crippen molar-refractivity contribution >= 4 is 108 Å². The molecule has 0 unspecified atom stereocenters. The van der Waals surface area contributed by atoms with Gasteiger partial charge in [-0.25, -0.2) is 0 Å². The molecule has 0 aromatic carbocycles. The van der Waals surface area contributed by atoms with Crippen molar-refractivity contribution in [1.29, 1.82) is 0 Å². The quantitative estimate of drug-likeness (QED) is 0.187. The normalized spacial score (nSPS) is 9.67. The minimum atomic E-state index is -5.75. The van der Waals surface area contributed by atoms with E-state index in [1.807, 2.05) is 0 Å². The fourth-order valence-corrected chi connectivity index (χ4v) is 0. The zero-order valence-corrected chi connectivity index (χ0v) is 16.5. The Labute approximate surface area is 151 Å². The first kappa shape index (κ1) is 24.3. The molecule has 0 bridgehead atoms. The zero-order valence-electron chi connectivity index (χ0n) is 5.50. The van der Waals surface area contributed by atoms with Gasteiger partial charge in [-0.3, -0.25) is 8.42 Å². The van der Waals surface area contributed by atoms with Crippen LogP contribution in [0.1, 0.15) is 0 Å². The number of hydrogen-bond acceptors (Lipinski definition) is 8. The minimum absolute atomic E-state index is 0. The summed E-state index contributed by atoms with van der Waals surface area (Å²) < 4.78 is 68.5. The molecular formula is Ba2CrO8S. The van der Waals surface area contributed by atoms with Crippen LogP contribution in [0.25, 0.3) is 0 Å². The molecule has 0 radical (unpaired) electrons. The van der Waals surface area contributed by atoms with Gasteiger partial charge in [0.15, 0.2) is 0 Å². The van der Waals surface area contributed by atoms with Gasteiger partial charge in [0.1, 0.15) is 0 Å². The average molecular weight is 487 g/mol. The van der Waals surface area contributed by atoms with E-state index < -0.39 is 24.0 Å². The van der Waals surface area contributed by atoms with Crippen LogP contribution < -0.4 is 8.32 Å². The Hall–Kier alpha value is 3.07. The SMILES string of the molecule is O=S(=O)([O-])[O-].[Ba+2].[Ba+2].[O]=[Cr](=[O])([O-])[O-]. The zero-order chi connectivity index (χ0) is 9.00. The number of hydrogen-bond donors (Lipinski definition) is 0. The van der Waals surface area contributed by atoms with Crippen LogP contribution in [0.15, 0.2) is 0 Å². The van der Waals surface area contributed by atoms with E-state index in [0.717, 1.165) is 0 Å². The summed E-state index contributed by atoms with van der Waals surface area (Å²) in [5.41, 5.74) is 0. The van der Waals surface area contributed by atoms with E-state index in [0.29, 0.717) is 0 Å². The Morgan fingerprint density at radius 3 is 0.917 bits per heavy atom. The van der Waals surface area contributed by atoms with E-state index in [2.05, 4.69) is 0 Å². The molecule has 0 atom stereocenters. The first-order valence-corrected chi connectivity index (χ1v) is 4.75. The molecule has 0 amide bonds. The molecule has 0 N–H and O–H groups in total. The summed E-state index contributed by atoms with van der Waals surface area (Å²) in [6.45, 7) is 0. The summed E-state index contributed by atoms with van der Waals surface area (Å²) in [5.74, 6) is 0. The molecule has 0 fully saturated rings. The van der Waals surface area contributed by atoms with Crippen LogP contribution in [0, 0.1) is 0 Å². The molecule has 12 heavy (non-hydrogen) atoms. The molecule has 0 aliphatic rings. The molecule has 8 nitrogen and oxygen atoms in total. The van der Waals surface area contributed by atoms with Crippen molar-refractivity contribution in [2.24, 2.45) is 0 Å². The number of rotatable bonds is 0. The summed E-state index contributed by atoms with van der Waals surface area (Å²) in [6.07, 6.45) is 0. The van der Waals surface area contributed by atoms with Gasteiger partial charge in [0.05, 0.1) is 0 Å². The van der Waals surface area contributed by atoms with Gasteiger partial charge in [0, 0.05) is 10.4 Å². The summed E-state index contributed by atoms with van der Waals surface area (Å²) in [6, 6.07) is 0. The average Bonchev–Trinajstić information content (AvgIpc) is 1.12. The van der Waals surface area contributed by atoms with Crippen LogP contribution in [0.3, 0.4) is 0 Å². The van der Waals surface area contributed by atoms with Crippen molar-refractivity contribution in [2.45, 2.75) is 0 Å². The predicted octanol–water partition coefficient (Wildman–Crippen LogP) is -4.72. The van der Waals surface area contributed by atoms with Gasteiger partial charge >= 0.3 is 127 Å². The fourth-order valence-electron chi connectivity index (χ4n) is 0. The van der Waals surface area contributed by atoms with Gasteiger partial charge < -0.3 is 9.11 Å². The molecule has 0 saturated heterocycles. The third-order valence-corrected chi connectivity index (χ3v) is 0. The van der Waals surface area contributed by atoms with Crippen LogP contribution >= 0.6 is 0 Å². The van der Waals surface area contributed by atoms with E-state index in [1.54, 1.807) is 0 Å². The van der Waals surface area contributed by atoms with E-state index in [9.17, 15) is 0 Å². The van der Waals surface area contributed by atoms with Crippen molar-refractivity contribution in [2.75, 3.05) is 0 Å². The van der Waals surface area contributed by atoms with Crippen molar-refractivity contribution in [3.05, 3.63) is 0 Å². The molecule has 64 valence electrons. The van der Waals surface area contributed by atoms with Crippen LogP contribution in [0.2, 0.25) is 0 Å². The van der Waals surface area contributed by atoms with E-state index in [-0.39, 0.29) is 97.8 Å². The molecule has 12 heteroatoms. The fraction of sp³-hybridized carbons (Fsp3) is 0. The van der Waals surface area contributed by atoms with Gasteiger partial charge in [-0.15, -0.1) is 0 Å². The molecule has 0 rings (SSSR count). The van der Waals surface area contributed by atoms with Crippen molar-refractivity contribution in [3.63, 3.8) is 0 Å². The predicted molar refractivity (Wildman–Crippen MR) is 23.4 cm³/mol. The van der Waals surface area contributed by atoms with Crippen molar-refractivity contribution in [3.8, 4) is 0 Å². The Balaban J connectivity index is -0.0000000457. The molecule has 0 aromatic heterocycles. The van der Waals surface area contributed by atoms with Crippen LogP contribution in [-0.4, -0.2) is 115 Å². The molecule has 0 aliphatic heterocycles. The van der Waals surface area contributed by atoms with Gasteiger partial charge in [-0.1, -0.05) is 0 Å². The molecule has 0 saturated carbocycles. The summed E-state index contributed by atoms with van der Waals surface area (Å²) in [4.78, 5) is 0. The van der Waals surface area contributed by atoms with Gasteiger partial charge in [-0.2, -0.15) is 0 Å². The van der Waals surface area contributed by atoms with Gasteiger partial charge in [-0.05, 0) is 0 Å². The van der Waals surface area contributed by atoms with Crippen LogP contribution in [-0.2, 0) is 31.6 Å². The summed E-state index contributed by atoms with van der Waals surface area (Å²) in [7, 11) is -5.17. The second-order valence-electron chi connectivity index (χ2n) is 0.816. The Morgan fingerprint density at radius 2 is 0.917 bits per heavy atom. The Bertz CT molecular complexity index is 213. The third-order valence-electron chi connectivity index (χ3n) is 0. The van der Waals surface area contributed by atoms with Crippen LogP contribution in [0.5, 0.6) is 0 Å². The first-order valence-electron chi connectivity index (χ1n) is 1.33. The standard InChI is InChI=1S/2Ba.Cr.H2O4S.4O/c;;;1-5(2,3)4;;;;/h;;;(H2,1,2,3,4);;;;/q2*+2;;;;;2*-1/p-2. The molecule has 0 spiro atoms. The second kappa shape index (κ2) is 10.6. The van der Waals surface area contributed by atoms with E-state index >= 15 is 0 Å². The first-order chi connectivity index (χ1) is 4.00. The van der Waals surface area contributed by atoms with Crippen LogP contribution in [0.4, 0.5) is 0 Å². The van der Waals surface area contributed by atoms with Crippen molar-refractivity contribution in [1.82, 2.24) is 0 Å². The maximum absolute atomic E-state index is 8.59. The topological polar surface area (TPSA) is 161 Å². The second-order valence-corrected chi connectivity index (χ2v) is 2.91. The third kappa shape index (κ3) is 202. The monoisotopic (exact) mass is 488 g/mol. The summed E-state index contributed by atoms with van der Waals surface area (Å²) >= 11 is -5.75.